The fourth-order valence-corrected chi connectivity index (χ4v) is 4.77. The van der Waals surface area contributed by atoms with Gasteiger partial charge in [-0.2, -0.15) is 0 Å². The van der Waals surface area contributed by atoms with Crippen LogP contribution in [0.5, 0.6) is 0 Å². The molecule has 0 spiro atoms. The van der Waals surface area contributed by atoms with Crippen LogP contribution >= 0.6 is 7.60 Å². The number of aliphatic hydroxyl groups excluding tert-OH is 1. The maximum atomic E-state index is 12.4. The predicted molar refractivity (Wildman–Crippen MR) is 97.7 cm³/mol. The number of hydrogen-bond donors (Lipinski definition) is 4. The number of aryl methyl sites for hydroxylation is 1. The Morgan fingerprint density at radius 3 is 2.19 bits per heavy atom. The first-order valence-electron chi connectivity index (χ1n) is 8.48. The summed E-state index contributed by atoms with van der Waals surface area (Å²) in [5.74, 6) is -2.04. The summed E-state index contributed by atoms with van der Waals surface area (Å²) >= 11 is 0. The lowest BCUT2D eigenvalue weighted by molar-refractivity contribution is -0.118. The summed E-state index contributed by atoms with van der Waals surface area (Å²) in [5, 5.41) is 7.70. The highest BCUT2D eigenvalue weighted by atomic mass is 31.2. The molecule has 0 aliphatic carbocycles. The zero-order chi connectivity index (χ0) is 21.2. The molecule has 27 heavy (non-hydrogen) atoms. The molecule has 0 aromatic carbocycles. The first-order valence-corrected chi connectivity index (χ1v) is 10.1. The summed E-state index contributed by atoms with van der Waals surface area (Å²) in [6, 6.07) is 0. The van der Waals surface area contributed by atoms with Gasteiger partial charge in [-0.15, -0.1) is 0 Å². The van der Waals surface area contributed by atoms with Crippen LogP contribution in [-0.2, 0) is 9.30 Å². The van der Waals surface area contributed by atoms with E-state index in [9.17, 15) is 33.8 Å². The molecule has 4 N–H and O–H groups in total. The van der Waals surface area contributed by atoms with Crippen molar-refractivity contribution in [3.63, 3.8) is 0 Å². The number of aromatic nitrogens is 2. The van der Waals surface area contributed by atoms with E-state index >= 15 is 0 Å². The third-order valence-electron chi connectivity index (χ3n) is 4.46. The van der Waals surface area contributed by atoms with Crippen molar-refractivity contribution in [3.05, 3.63) is 32.6 Å². The van der Waals surface area contributed by atoms with Gasteiger partial charge in [0, 0.05) is 11.8 Å². The third kappa shape index (κ3) is 4.83. The highest BCUT2D eigenvalue weighted by Gasteiger charge is 2.54. The molecule has 10 nitrogen and oxygen atoms in total. The summed E-state index contributed by atoms with van der Waals surface area (Å²) in [4.78, 5) is 57.5. The van der Waals surface area contributed by atoms with Crippen molar-refractivity contribution < 1.29 is 29.0 Å². The Morgan fingerprint density at radius 1 is 1.26 bits per heavy atom. The van der Waals surface area contributed by atoms with Crippen molar-refractivity contribution in [2.24, 2.45) is 11.8 Å². The summed E-state index contributed by atoms with van der Waals surface area (Å²) in [7, 11) is -4.79. The molecule has 154 valence electrons. The molecule has 1 rings (SSSR count). The second kappa shape index (κ2) is 8.62. The van der Waals surface area contributed by atoms with E-state index in [2.05, 4.69) is 0 Å². The fourth-order valence-electron chi connectivity index (χ4n) is 3.14. The number of hydrogen-bond acceptors (Lipinski definition) is 6. The number of nitrogens with zero attached hydrogens (tertiary/aromatic N) is 1. The van der Waals surface area contributed by atoms with Gasteiger partial charge in [-0.05, 0) is 18.8 Å². The standard InChI is InChI=1S/C16H27N2O8P/c1-9(2)16(10(3)4,27(23,24)25)26-12(8-19)6-13(20)18-7-11(5)14(21)17-15(18)22/h7,9-10,12,19H,6,8H2,1-5H3,(H,17,21,22)(H2,23,24,25)/t12-/m0/s1. The number of rotatable bonds is 8. The van der Waals surface area contributed by atoms with Crippen LogP contribution in [0, 0.1) is 18.8 Å². The van der Waals surface area contributed by atoms with Crippen LogP contribution in [0.4, 0.5) is 0 Å². The molecule has 0 fully saturated rings. The Bertz CT molecular complexity index is 828. The molecule has 0 aliphatic rings. The van der Waals surface area contributed by atoms with Gasteiger partial charge in [-0.25, -0.2) is 9.36 Å². The van der Waals surface area contributed by atoms with Crippen molar-refractivity contribution in [1.82, 2.24) is 9.55 Å². The zero-order valence-electron chi connectivity index (χ0n) is 16.0. The quantitative estimate of drug-likeness (QED) is 0.453. The maximum absolute atomic E-state index is 12.4. The Hall–Kier alpha value is -1.58. The van der Waals surface area contributed by atoms with Gasteiger partial charge in [-0.3, -0.25) is 19.1 Å². The van der Waals surface area contributed by atoms with E-state index in [1.807, 2.05) is 4.98 Å². The van der Waals surface area contributed by atoms with Crippen molar-refractivity contribution >= 4 is 13.5 Å². The second-order valence-corrected chi connectivity index (χ2v) is 8.85. The molecule has 0 radical (unpaired) electrons. The lowest BCUT2D eigenvalue weighted by atomic mass is 9.94. The van der Waals surface area contributed by atoms with Crippen molar-refractivity contribution in [1.29, 1.82) is 0 Å². The third-order valence-corrected chi connectivity index (χ3v) is 6.51. The summed E-state index contributed by atoms with van der Waals surface area (Å²) in [6.45, 7) is 7.02. The average Bonchev–Trinajstić information content (AvgIpc) is 2.52. The van der Waals surface area contributed by atoms with Crippen molar-refractivity contribution in [2.75, 3.05) is 6.61 Å². The molecule has 0 amide bonds. The largest absolute Gasteiger partial charge is 0.394 e. The monoisotopic (exact) mass is 406 g/mol. The van der Waals surface area contributed by atoms with Gasteiger partial charge in [0.15, 0.2) is 5.34 Å². The normalized spacial score (nSPS) is 14.0. The molecule has 1 atom stereocenters. The summed E-state index contributed by atoms with van der Waals surface area (Å²) in [6.07, 6.45) is -0.698. The molecular formula is C16H27N2O8P. The van der Waals surface area contributed by atoms with Crippen LogP contribution in [0.1, 0.15) is 44.5 Å². The molecule has 11 heteroatoms. The number of aromatic amines is 1. The van der Waals surface area contributed by atoms with E-state index in [4.69, 9.17) is 4.74 Å². The number of nitrogens with one attached hydrogen (secondary N) is 1. The van der Waals surface area contributed by atoms with Crippen LogP contribution in [0.2, 0.25) is 0 Å². The predicted octanol–water partition coefficient (Wildman–Crippen LogP) is 0.439. The number of aliphatic hydroxyl groups is 1. The van der Waals surface area contributed by atoms with E-state index in [1.165, 1.54) is 6.92 Å². The first-order chi connectivity index (χ1) is 12.3. The van der Waals surface area contributed by atoms with E-state index in [0.717, 1.165) is 6.20 Å². The van der Waals surface area contributed by atoms with Crippen molar-refractivity contribution in [2.45, 2.75) is 52.5 Å². The number of carbonyl (C=O) groups is 1. The van der Waals surface area contributed by atoms with Gasteiger partial charge in [0.2, 0.25) is 5.91 Å². The minimum absolute atomic E-state index is 0.137. The summed E-state index contributed by atoms with van der Waals surface area (Å²) < 4.78 is 18.5. The molecule has 0 saturated heterocycles. The van der Waals surface area contributed by atoms with Crippen LogP contribution < -0.4 is 11.2 Å². The molecule has 0 unspecified atom stereocenters. The highest BCUT2D eigenvalue weighted by Crippen LogP contribution is 2.59. The Kier molecular flexibility index (Phi) is 7.49. The topological polar surface area (TPSA) is 159 Å². The fraction of sp³-hybridized carbons (Fsp3) is 0.688. The van der Waals surface area contributed by atoms with E-state index in [0.29, 0.717) is 4.57 Å². The minimum Gasteiger partial charge on any atom is -0.394 e. The van der Waals surface area contributed by atoms with E-state index in [1.54, 1.807) is 27.7 Å². The van der Waals surface area contributed by atoms with E-state index in [-0.39, 0.29) is 5.56 Å². The highest BCUT2D eigenvalue weighted by molar-refractivity contribution is 7.53. The second-order valence-electron chi connectivity index (χ2n) is 7.07. The number of carbonyl (C=O) groups excluding carboxylic acids is 1. The molecule has 0 saturated carbocycles. The van der Waals surface area contributed by atoms with Gasteiger partial charge >= 0.3 is 13.3 Å². The Morgan fingerprint density at radius 2 is 1.78 bits per heavy atom. The average molecular weight is 406 g/mol. The first kappa shape index (κ1) is 23.5. The number of H-pyrrole nitrogens is 1. The SMILES string of the molecule is Cc1cn(C(=O)C[C@@H](CO)OC(C(C)C)(C(C)C)P(=O)(O)O)c(=O)[nH]c1=O. The number of ether oxygens (including phenoxy) is 1. The van der Waals surface area contributed by atoms with Gasteiger partial charge in [0.25, 0.3) is 5.56 Å². The Balaban J connectivity index is 3.23. The van der Waals surface area contributed by atoms with Gasteiger partial charge < -0.3 is 19.6 Å². The lowest BCUT2D eigenvalue weighted by Crippen LogP contribution is -2.47. The van der Waals surface area contributed by atoms with Gasteiger partial charge in [-0.1, -0.05) is 27.7 Å². The molecule has 0 aliphatic heterocycles. The van der Waals surface area contributed by atoms with Gasteiger partial charge in [0.1, 0.15) is 0 Å². The molecular weight excluding hydrogens is 379 g/mol. The molecule has 1 aromatic heterocycles. The summed E-state index contributed by atoms with van der Waals surface area (Å²) in [5.41, 5.74) is -1.43. The molecule has 1 heterocycles. The molecule has 1 aromatic rings. The zero-order valence-corrected chi connectivity index (χ0v) is 16.9. The minimum atomic E-state index is -4.79. The van der Waals surface area contributed by atoms with Crippen LogP contribution in [0.15, 0.2) is 15.8 Å². The van der Waals surface area contributed by atoms with Gasteiger partial charge in [0.05, 0.1) is 19.1 Å². The van der Waals surface area contributed by atoms with E-state index < -0.39 is 61.1 Å². The van der Waals surface area contributed by atoms with Crippen LogP contribution in [-0.4, -0.2) is 48.4 Å². The van der Waals surface area contributed by atoms with Crippen LogP contribution in [0.3, 0.4) is 0 Å². The Labute approximate surface area is 156 Å². The maximum Gasteiger partial charge on any atom is 0.357 e. The van der Waals surface area contributed by atoms with Crippen molar-refractivity contribution in [3.8, 4) is 0 Å². The smallest absolute Gasteiger partial charge is 0.357 e. The lowest BCUT2D eigenvalue weighted by Gasteiger charge is -2.43. The van der Waals surface area contributed by atoms with Crippen LogP contribution in [0.25, 0.3) is 0 Å². The molecule has 0 bridgehead atoms.